The van der Waals surface area contributed by atoms with Crippen LogP contribution in [0.3, 0.4) is 0 Å². The third-order valence-electron chi connectivity index (χ3n) is 4.30. The summed E-state index contributed by atoms with van der Waals surface area (Å²) in [7, 11) is 0. The number of hydrogen-bond donors (Lipinski definition) is 2. The van der Waals surface area contributed by atoms with E-state index in [1.807, 2.05) is 0 Å². The Morgan fingerprint density at radius 3 is 1.76 bits per heavy atom. The van der Waals surface area contributed by atoms with E-state index in [1.54, 1.807) is 20.8 Å². The molecule has 1 heterocycles. The van der Waals surface area contributed by atoms with Crippen LogP contribution in [-0.2, 0) is 14.3 Å². The van der Waals surface area contributed by atoms with Crippen molar-refractivity contribution in [2.24, 2.45) is 10.8 Å². The molecule has 7 nitrogen and oxygen atoms in total. The van der Waals surface area contributed by atoms with Gasteiger partial charge in [0.2, 0.25) is 0 Å². The zero-order chi connectivity index (χ0) is 16.1. The Hall–Kier alpha value is -1.79. The number of carbonyl (C=O) groups excluding carboxylic acids is 1. The van der Waals surface area contributed by atoms with Gasteiger partial charge >= 0.3 is 18.0 Å². The first-order valence-corrected chi connectivity index (χ1v) is 6.95. The number of hydrogen-bond acceptors (Lipinski definition) is 4. The fourth-order valence-electron chi connectivity index (χ4n) is 3.32. The number of aliphatic carboxylic acids is 2. The molecule has 7 heteroatoms. The van der Waals surface area contributed by atoms with Crippen molar-refractivity contribution in [3.8, 4) is 0 Å². The molecule has 2 aliphatic rings. The maximum absolute atomic E-state index is 12.2. The molecular formula is C14H21NO6. The Labute approximate surface area is 122 Å². The zero-order valence-electron chi connectivity index (χ0n) is 12.5. The van der Waals surface area contributed by atoms with Crippen molar-refractivity contribution in [2.45, 2.75) is 45.6 Å². The number of amides is 1. The Balaban J connectivity index is 2.28. The zero-order valence-corrected chi connectivity index (χ0v) is 12.5. The van der Waals surface area contributed by atoms with Crippen LogP contribution in [0.5, 0.6) is 0 Å². The standard InChI is InChI=1S/C14H21NO6/c1-12(2,3)21-11(20)15-7-13(9(16)17)4-5-14(6-13,8-15)10(18)19/h4-8H2,1-3H3,(H,16,17)(H,18,19). The largest absolute Gasteiger partial charge is 0.481 e. The van der Waals surface area contributed by atoms with Gasteiger partial charge in [-0.15, -0.1) is 0 Å². The Morgan fingerprint density at radius 1 is 1.00 bits per heavy atom. The maximum Gasteiger partial charge on any atom is 0.410 e. The van der Waals surface area contributed by atoms with Crippen molar-refractivity contribution in [1.82, 2.24) is 4.90 Å². The number of likely N-dealkylation sites (tertiary alicyclic amines) is 1. The maximum atomic E-state index is 12.2. The molecule has 1 aliphatic heterocycles. The van der Waals surface area contributed by atoms with Gasteiger partial charge in [0.25, 0.3) is 0 Å². The summed E-state index contributed by atoms with van der Waals surface area (Å²) in [5.41, 5.74) is -3.05. The number of nitrogens with zero attached hydrogens (tertiary/aromatic N) is 1. The third kappa shape index (κ3) is 2.69. The number of fused-ring (bicyclic) bond motifs is 2. The van der Waals surface area contributed by atoms with Crippen LogP contribution >= 0.6 is 0 Å². The molecule has 1 saturated heterocycles. The molecule has 2 atom stereocenters. The Bertz CT molecular complexity index is 466. The average Bonchev–Trinajstić information content (AvgIpc) is 2.61. The molecule has 21 heavy (non-hydrogen) atoms. The average molecular weight is 299 g/mol. The Morgan fingerprint density at radius 2 is 1.43 bits per heavy atom. The van der Waals surface area contributed by atoms with Crippen LogP contribution in [0, 0.1) is 10.8 Å². The van der Waals surface area contributed by atoms with Crippen LogP contribution in [0.15, 0.2) is 0 Å². The lowest BCUT2D eigenvalue weighted by molar-refractivity contribution is -0.158. The summed E-state index contributed by atoms with van der Waals surface area (Å²) in [6, 6.07) is 0. The van der Waals surface area contributed by atoms with E-state index in [0.29, 0.717) is 0 Å². The van der Waals surface area contributed by atoms with E-state index in [4.69, 9.17) is 4.74 Å². The number of carbonyl (C=O) groups is 3. The van der Waals surface area contributed by atoms with Gasteiger partial charge in [-0.1, -0.05) is 0 Å². The number of rotatable bonds is 2. The van der Waals surface area contributed by atoms with Crippen LogP contribution in [0.2, 0.25) is 0 Å². The molecule has 2 fully saturated rings. The topological polar surface area (TPSA) is 104 Å². The van der Waals surface area contributed by atoms with Crippen molar-refractivity contribution in [2.75, 3.05) is 13.1 Å². The summed E-state index contributed by atoms with van der Waals surface area (Å²) in [5.74, 6) is -2.09. The molecule has 2 rings (SSSR count). The molecule has 0 aromatic carbocycles. The fraction of sp³-hybridized carbons (Fsp3) is 0.786. The summed E-state index contributed by atoms with van der Waals surface area (Å²) < 4.78 is 5.25. The van der Waals surface area contributed by atoms with Crippen LogP contribution in [0.1, 0.15) is 40.0 Å². The number of piperidine rings is 1. The first kappa shape index (κ1) is 15.6. The summed E-state index contributed by atoms with van der Waals surface area (Å²) in [6.45, 7) is 5.15. The number of ether oxygens (including phenoxy) is 1. The highest BCUT2D eigenvalue weighted by Gasteiger charge is 2.62. The van der Waals surface area contributed by atoms with E-state index in [9.17, 15) is 24.6 Å². The van der Waals surface area contributed by atoms with Crippen molar-refractivity contribution < 1.29 is 29.3 Å². The molecule has 2 N–H and O–H groups in total. The molecule has 1 amide bonds. The second-order valence-corrected chi connectivity index (χ2v) is 7.18. The number of carboxylic acid groups (broad SMARTS) is 2. The lowest BCUT2D eigenvalue weighted by Crippen LogP contribution is -2.55. The van der Waals surface area contributed by atoms with Gasteiger partial charge in [0.05, 0.1) is 10.8 Å². The molecule has 2 bridgehead atoms. The number of carboxylic acids is 2. The van der Waals surface area contributed by atoms with E-state index in [0.717, 1.165) is 0 Å². The molecule has 1 saturated carbocycles. The van der Waals surface area contributed by atoms with E-state index >= 15 is 0 Å². The first-order chi connectivity index (χ1) is 9.50. The van der Waals surface area contributed by atoms with Crippen molar-refractivity contribution in [1.29, 1.82) is 0 Å². The van der Waals surface area contributed by atoms with Crippen molar-refractivity contribution >= 4 is 18.0 Å². The molecule has 0 radical (unpaired) electrons. The van der Waals surface area contributed by atoms with E-state index in [-0.39, 0.29) is 32.4 Å². The van der Waals surface area contributed by atoms with Gasteiger partial charge in [-0.25, -0.2) is 4.79 Å². The molecule has 1 aliphatic carbocycles. The predicted octanol–water partition coefficient (Wildman–Crippen LogP) is 1.56. The Kier molecular flexibility index (Phi) is 3.42. The lowest BCUT2D eigenvalue weighted by Gasteiger charge is -2.41. The van der Waals surface area contributed by atoms with Crippen LogP contribution < -0.4 is 0 Å². The monoisotopic (exact) mass is 299 g/mol. The highest BCUT2D eigenvalue weighted by Crippen LogP contribution is 2.54. The molecular weight excluding hydrogens is 278 g/mol. The molecule has 2 unspecified atom stereocenters. The summed E-state index contributed by atoms with van der Waals surface area (Å²) in [4.78, 5) is 36.6. The van der Waals surface area contributed by atoms with Gasteiger partial charge in [-0.3, -0.25) is 9.59 Å². The van der Waals surface area contributed by atoms with Gasteiger partial charge < -0.3 is 19.8 Å². The van der Waals surface area contributed by atoms with Gasteiger partial charge in [-0.2, -0.15) is 0 Å². The van der Waals surface area contributed by atoms with Gasteiger partial charge in [-0.05, 0) is 40.0 Å². The lowest BCUT2D eigenvalue weighted by atomic mass is 9.75. The molecule has 0 aromatic rings. The minimum Gasteiger partial charge on any atom is -0.481 e. The van der Waals surface area contributed by atoms with E-state index < -0.39 is 34.5 Å². The van der Waals surface area contributed by atoms with Crippen LogP contribution in [0.25, 0.3) is 0 Å². The smallest absolute Gasteiger partial charge is 0.410 e. The highest BCUT2D eigenvalue weighted by molar-refractivity contribution is 5.83. The normalized spacial score (nSPS) is 31.9. The predicted molar refractivity (Wildman–Crippen MR) is 71.8 cm³/mol. The molecule has 0 aromatic heterocycles. The van der Waals surface area contributed by atoms with E-state index in [2.05, 4.69) is 0 Å². The summed E-state index contributed by atoms with van der Waals surface area (Å²) in [6.07, 6.45) is -0.0356. The van der Waals surface area contributed by atoms with Crippen LogP contribution in [0.4, 0.5) is 4.79 Å². The first-order valence-electron chi connectivity index (χ1n) is 6.95. The summed E-state index contributed by atoms with van der Waals surface area (Å²) >= 11 is 0. The fourth-order valence-corrected chi connectivity index (χ4v) is 3.32. The second kappa shape index (κ2) is 4.61. The molecule has 0 spiro atoms. The van der Waals surface area contributed by atoms with Crippen molar-refractivity contribution in [3.05, 3.63) is 0 Å². The summed E-state index contributed by atoms with van der Waals surface area (Å²) in [5, 5.41) is 18.9. The minimum atomic E-state index is -1.17. The van der Waals surface area contributed by atoms with Gasteiger partial charge in [0.15, 0.2) is 0 Å². The molecule has 118 valence electrons. The van der Waals surface area contributed by atoms with Crippen LogP contribution in [-0.4, -0.2) is 51.8 Å². The highest BCUT2D eigenvalue weighted by atomic mass is 16.6. The second-order valence-electron chi connectivity index (χ2n) is 7.18. The van der Waals surface area contributed by atoms with E-state index in [1.165, 1.54) is 4.90 Å². The quantitative estimate of drug-likeness (QED) is 0.802. The minimum absolute atomic E-state index is 0.00623. The van der Waals surface area contributed by atoms with Crippen molar-refractivity contribution in [3.63, 3.8) is 0 Å². The SMILES string of the molecule is CC(C)(C)OC(=O)N1CC2(C(=O)O)CCC(C(=O)O)(C1)C2. The van der Waals surface area contributed by atoms with Gasteiger partial charge in [0.1, 0.15) is 5.60 Å². The van der Waals surface area contributed by atoms with Gasteiger partial charge in [0, 0.05) is 13.1 Å². The third-order valence-corrected chi connectivity index (χ3v) is 4.30.